The van der Waals surface area contributed by atoms with Gasteiger partial charge in [0.15, 0.2) is 5.96 Å². The molecule has 0 radical (unpaired) electrons. The van der Waals surface area contributed by atoms with Crippen LogP contribution in [-0.2, 0) is 9.47 Å². The van der Waals surface area contributed by atoms with Crippen molar-refractivity contribution in [1.82, 2.24) is 15.5 Å². The third-order valence-corrected chi connectivity index (χ3v) is 3.85. The molecule has 1 heterocycles. The van der Waals surface area contributed by atoms with Gasteiger partial charge in [0.05, 0.1) is 19.3 Å². The van der Waals surface area contributed by atoms with E-state index in [9.17, 15) is 0 Å². The standard InChI is InChI=1S/C19H40N4O2.HI/c1-6-20-19(21-8-7-10-24-15-17(4)5)22-12-18-14-23(9-11-25-18)13-16(2)3;/h16-18H,6-15H2,1-5H3,(H2,20,21,22);1H. The van der Waals surface area contributed by atoms with Crippen LogP contribution in [0.15, 0.2) is 4.99 Å². The number of nitrogens with one attached hydrogen (secondary N) is 2. The van der Waals surface area contributed by atoms with Crippen molar-refractivity contribution >= 4 is 29.9 Å². The molecule has 1 saturated heterocycles. The molecular formula is C19H41IN4O2. The van der Waals surface area contributed by atoms with Crippen LogP contribution in [0.5, 0.6) is 0 Å². The molecule has 1 unspecified atom stereocenters. The minimum absolute atomic E-state index is 0. The van der Waals surface area contributed by atoms with E-state index in [1.807, 2.05) is 0 Å². The molecule has 1 rings (SSSR count). The average Bonchev–Trinajstić information content (AvgIpc) is 2.55. The van der Waals surface area contributed by atoms with Crippen molar-refractivity contribution in [1.29, 1.82) is 0 Å². The molecule has 0 bridgehead atoms. The van der Waals surface area contributed by atoms with Crippen molar-refractivity contribution in [2.75, 3.05) is 59.1 Å². The summed E-state index contributed by atoms with van der Waals surface area (Å²) in [6, 6.07) is 0. The Morgan fingerprint density at radius 2 is 2.00 bits per heavy atom. The molecule has 2 N–H and O–H groups in total. The zero-order chi connectivity index (χ0) is 18.5. The lowest BCUT2D eigenvalue weighted by Crippen LogP contribution is -2.46. The average molecular weight is 484 g/mol. The van der Waals surface area contributed by atoms with Gasteiger partial charge in [-0.3, -0.25) is 9.89 Å². The van der Waals surface area contributed by atoms with Crippen molar-refractivity contribution < 1.29 is 9.47 Å². The second-order valence-electron chi connectivity index (χ2n) is 7.61. The Hall–Kier alpha value is -0.120. The zero-order valence-corrected chi connectivity index (χ0v) is 19.8. The summed E-state index contributed by atoms with van der Waals surface area (Å²) in [5, 5.41) is 6.69. The number of morpholine rings is 1. The van der Waals surface area contributed by atoms with Crippen LogP contribution in [0.1, 0.15) is 41.0 Å². The lowest BCUT2D eigenvalue weighted by Gasteiger charge is -2.33. The third kappa shape index (κ3) is 13.1. The van der Waals surface area contributed by atoms with E-state index in [2.05, 4.69) is 50.2 Å². The number of aliphatic imine (C=N–C) groups is 1. The monoisotopic (exact) mass is 484 g/mol. The van der Waals surface area contributed by atoms with Gasteiger partial charge < -0.3 is 20.1 Å². The summed E-state index contributed by atoms with van der Waals surface area (Å²) in [5.41, 5.74) is 0. The topological polar surface area (TPSA) is 58.1 Å². The van der Waals surface area contributed by atoms with Gasteiger partial charge >= 0.3 is 0 Å². The lowest BCUT2D eigenvalue weighted by atomic mass is 10.2. The lowest BCUT2D eigenvalue weighted by molar-refractivity contribution is -0.0261. The SMILES string of the molecule is CCNC(=NCC1CN(CC(C)C)CCO1)NCCCOCC(C)C.I. The Morgan fingerprint density at radius 1 is 1.23 bits per heavy atom. The van der Waals surface area contributed by atoms with Crippen molar-refractivity contribution in [3.63, 3.8) is 0 Å². The Morgan fingerprint density at radius 3 is 2.65 bits per heavy atom. The van der Waals surface area contributed by atoms with Gasteiger partial charge in [0.1, 0.15) is 0 Å². The first kappa shape index (κ1) is 25.9. The maximum atomic E-state index is 5.87. The second-order valence-corrected chi connectivity index (χ2v) is 7.61. The van der Waals surface area contributed by atoms with E-state index in [1.165, 1.54) is 0 Å². The fraction of sp³-hybridized carbons (Fsp3) is 0.947. The molecule has 0 spiro atoms. The maximum Gasteiger partial charge on any atom is 0.191 e. The van der Waals surface area contributed by atoms with E-state index >= 15 is 0 Å². The summed E-state index contributed by atoms with van der Waals surface area (Å²) < 4.78 is 11.5. The first-order valence-corrected chi connectivity index (χ1v) is 9.95. The number of guanidine groups is 1. The molecule has 7 heteroatoms. The van der Waals surface area contributed by atoms with Crippen molar-refractivity contribution in [2.24, 2.45) is 16.8 Å². The van der Waals surface area contributed by atoms with Gasteiger partial charge in [-0.2, -0.15) is 0 Å². The third-order valence-electron chi connectivity index (χ3n) is 3.85. The predicted octanol–water partition coefficient (Wildman–Crippen LogP) is 2.58. The summed E-state index contributed by atoms with van der Waals surface area (Å²) in [5.74, 6) is 2.16. The van der Waals surface area contributed by atoms with Crippen LogP contribution in [-0.4, -0.2) is 76.1 Å². The Labute approximate surface area is 177 Å². The molecule has 0 aromatic rings. The molecular weight excluding hydrogens is 443 g/mol. The van der Waals surface area contributed by atoms with Gasteiger partial charge in [-0.25, -0.2) is 0 Å². The van der Waals surface area contributed by atoms with Crippen molar-refractivity contribution in [2.45, 2.75) is 47.1 Å². The molecule has 0 saturated carbocycles. The largest absolute Gasteiger partial charge is 0.381 e. The van der Waals surface area contributed by atoms with Crippen molar-refractivity contribution in [3.05, 3.63) is 0 Å². The number of nitrogens with zero attached hydrogens (tertiary/aromatic N) is 2. The van der Waals surface area contributed by atoms with E-state index in [-0.39, 0.29) is 30.1 Å². The Kier molecular flexibility index (Phi) is 15.8. The smallest absolute Gasteiger partial charge is 0.191 e. The van der Waals surface area contributed by atoms with Crippen LogP contribution in [0.3, 0.4) is 0 Å². The van der Waals surface area contributed by atoms with Crippen LogP contribution in [0.25, 0.3) is 0 Å². The summed E-state index contributed by atoms with van der Waals surface area (Å²) in [4.78, 5) is 7.19. The summed E-state index contributed by atoms with van der Waals surface area (Å²) in [7, 11) is 0. The van der Waals surface area contributed by atoms with Crippen LogP contribution in [0.2, 0.25) is 0 Å². The Balaban J connectivity index is 0.00000625. The van der Waals surface area contributed by atoms with Gasteiger partial charge in [0.25, 0.3) is 0 Å². The molecule has 0 amide bonds. The van der Waals surface area contributed by atoms with E-state index in [1.54, 1.807) is 0 Å². The van der Waals surface area contributed by atoms with Gasteiger partial charge in [0.2, 0.25) is 0 Å². The van der Waals surface area contributed by atoms with E-state index in [0.717, 1.165) is 64.9 Å². The molecule has 0 aromatic heterocycles. The van der Waals surface area contributed by atoms with Crippen LogP contribution < -0.4 is 10.6 Å². The highest BCUT2D eigenvalue weighted by atomic mass is 127. The quantitative estimate of drug-likeness (QED) is 0.204. The maximum absolute atomic E-state index is 5.87. The molecule has 26 heavy (non-hydrogen) atoms. The first-order valence-electron chi connectivity index (χ1n) is 9.95. The molecule has 1 aliphatic rings. The number of ether oxygens (including phenoxy) is 2. The van der Waals surface area contributed by atoms with Crippen LogP contribution in [0.4, 0.5) is 0 Å². The minimum atomic E-state index is 0. The number of hydrogen-bond acceptors (Lipinski definition) is 4. The van der Waals surface area contributed by atoms with Gasteiger partial charge in [-0.1, -0.05) is 27.7 Å². The number of rotatable bonds is 11. The zero-order valence-electron chi connectivity index (χ0n) is 17.4. The molecule has 0 aliphatic carbocycles. The Bertz CT molecular complexity index is 367. The summed E-state index contributed by atoms with van der Waals surface area (Å²) in [6.07, 6.45) is 1.18. The normalized spacial score (nSPS) is 18.9. The minimum Gasteiger partial charge on any atom is -0.381 e. The van der Waals surface area contributed by atoms with Crippen molar-refractivity contribution in [3.8, 4) is 0 Å². The number of halogens is 1. The second kappa shape index (κ2) is 15.9. The van der Waals surface area contributed by atoms with Gasteiger partial charge in [-0.05, 0) is 25.2 Å². The first-order chi connectivity index (χ1) is 12.0. The molecule has 156 valence electrons. The summed E-state index contributed by atoms with van der Waals surface area (Å²) in [6.45, 7) is 19.0. The fourth-order valence-corrected chi connectivity index (χ4v) is 2.81. The predicted molar refractivity (Wildman–Crippen MR) is 121 cm³/mol. The van der Waals surface area contributed by atoms with Crippen LogP contribution >= 0.6 is 24.0 Å². The fourth-order valence-electron chi connectivity index (χ4n) is 2.81. The molecule has 6 nitrogen and oxygen atoms in total. The van der Waals surface area contributed by atoms with E-state index < -0.39 is 0 Å². The number of hydrogen-bond donors (Lipinski definition) is 2. The highest BCUT2D eigenvalue weighted by Gasteiger charge is 2.20. The van der Waals surface area contributed by atoms with Gasteiger partial charge in [0, 0.05) is 45.9 Å². The molecule has 0 aromatic carbocycles. The summed E-state index contributed by atoms with van der Waals surface area (Å²) >= 11 is 0. The van der Waals surface area contributed by atoms with E-state index in [0.29, 0.717) is 18.4 Å². The molecule has 1 atom stereocenters. The highest BCUT2D eigenvalue weighted by Crippen LogP contribution is 2.08. The van der Waals surface area contributed by atoms with E-state index in [4.69, 9.17) is 14.5 Å². The highest BCUT2D eigenvalue weighted by molar-refractivity contribution is 14.0. The van der Waals surface area contributed by atoms with Gasteiger partial charge in [-0.15, -0.1) is 24.0 Å². The molecule has 1 aliphatic heterocycles. The molecule has 1 fully saturated rings. The van der Waals surface area contributed by atoms with Crippen LogP contribution in [0, 0.1) is 11.8 Å².